The molecular weight excluding hydrogens is 198 g/mol. The molecule has 2 N–H and O–H groups in total. The van der Waals surface area contributed by atoms with E-state index in [1.807, 2.05) is 4.90 Å². The van der Waals surface area contributed by atoms with E-state index in [0.717, 1.165) is 13.1 Å². The van der Waals surface area contributed by atoms with E-state index >= 15 is 0 Å². The lowest BCUT2D eigenvalue weighted by atomic mass is 9.87. The van der Waals surface area contributed by atoms with Crippen molar-refractivity contribution in [1.29, 1.82) is 0 Å². The van der Waals surface area contributed by atoms with Gasteiger partial charge in [-0.3, -0.25) is 9.69 Å². The van der Waals surface area contributed by atoms with E-state index in [2.05, 4.69) is 0 Å². The molecule has 0 aromatic rings. The number of hydrogen-bond acceptors (Lipinski definition) is 4. The van der Waals surface area contributed by atoms with Crippen LogP contribution in [0, 0.1) is 11.8 Å². The Morgan fingerprint density at radius 1 is 1.60 bits per heavy atom. The molecule has 0 aliphatic carbocycles. The van der Waals surface area contributed by atoms with Crippen molar-refractivity contribution in [1.82, 2.24) is 4.90 Å². The highest BCUT2D eigenvalue weighted by atomic mass is 16.5. The van der Waals surface area contributed by atoms with Gasteiger partial charge in [0.05, 0.1) is 18.6 Å². The highest BCUT2D eigenvalue weighted by Gasteiger charge is 2.35. The molecule has 88 valence electrons. The summed E-state index contributed by atoms with van der Waals surface area (Å²) in [5.41, 5.74) is 0. The van der Waals surface area contributed by atoms with Gasteiger partial charge in [0, 0.05) is 26.7 Å². The first kappa shape index (κ1) is 12.4. The van der Waals surface area contributed by atoms with Crippen LogP contribution < -0.4 is 0 Å². The lowest BCUT2D eigenvalue weighted by Crippen LogP contribution is -2.53. The van der Waals surface area contributed by atoms with Gasteiger partial charge in [-0.25, -0.2) is 0 Å². The van der Waals surface area contributed by atoms with E-state index in [1.165, 1.54) is 0 Å². The second-order valence-corrected chi connectivity index (χ2v) is 4.21. The van der Waals surface area contributed by atoms with Crippen molar-refractivity contribution in [3.05, 3.63) is 0 Å². The Kier molecular flexibility index (Phi) is 4.50. The molecule has 0 spiro atoms. The quantitative estimate of drug-likeness (QED) is 0.636. The predicted octanol–water partition coefficient (Wildman–Crippen LogP) is -0.354. The number of likely N-dealkylation sites (tertiary alicyclic amines) is 1. The number of aliphatic hydroxyl groups is 1. The van der Waals surface area contributed by atoms with Crippen LogP contribution in [0.3, 0.4) is 0 Å². The number of carbonyl (C=O) groups is 1. The summed E-state index contributed by atoms with van der Waals surface area (Å²) in [6, 6.07) is 0. The fourth-order valence-electron chi connectivity index (χ4n) is 1.82. The molecule has 1 heterocycles. The van der Waals surface area contributed by atoms with Crippen LogP contribution in [0.15, 0.2) is 0 Å². The fraction of sp³-hybridized carbons (Fsp3) is 0.900. The van der Waals surface area contributed by atoms with Crippen LogP contribution >= 0.6 is 0 Å². The molecule has 5 nitrogen and oxygen atoms in total. The van der Waals surface area contributed by atoms with Crippen LogP contribution in [0.25, 0.3) is 0 Å². The fourth-order valence-corrected chi connectivity index (χ4v) is 1.82. The maximum atomic E-state index is 10.7. The van der Waals surface area contributed by atoms with Gasteiger partial charge in [0.25, 0.3) is 0 Å². The summed E-state index contributed by atoms with van der Waals surface area (Å²) in [6.45, 7) is 4.14. The maximum Gasteiger partial charge on any atom is 0.306 e. The molecular formula is C10H19NO4. The summed E-state index contributed by atoms with van der Waals surface area (Å²) in [4.78, 5) is 12.7. The molecule has 1 rings (SSSR count). The van der Waals surface area contributed by atoms with Crippen molar-refractivity contribution in [2.24, 2.45) is 11.8 Å². The normalized spacial score (nSPS) is 22.1. The molecule has 0 radical (unpaired) electrons. The number of carboxylic acid groups (broad SMARTS) is 1. The topological polar surface area (TPSA) is 70.0 Å². The Balaban J connectivity index is 2.17. The number of aliphatic hydroxyl groups excluding tert-OH is 1. The van der Waals surface area contributed by atoms with Gasteiger partial charge in [0.1, 0.15) is 0 Å². The second-order valence-electron chi connectivity index (χ2n) is 4.21. The Hall–Kier alpha value is -0.650. The zero-order valence-electron chi connectivity index (χ0n) is 9.22. The van der Waals surface area contributed by atoms with Crippen LogP contribution in [0.1, 0.15) is 6.92 Å². The Morgan fingerprint density at radius 2 is 2.20 bits per heavy atom. The van der Waals surface area contributed by atoms with E-state index in [-0.39, 0.29) is 11.8 Å². The summed E-state index contributed by atoms with van der Waals surface area (Å²) < 4.78 is 4.81. The molecule has 1 fully saturated rings. The molecule has 0 aromatic carbocycles. The van der Waals surface area contributed by atoms with E-state index < -0.39 is 12.1 Å². The lowest BCUT2D eigenvalue weighted by Gasteiger charge is -2.42. The van der Waals surface area contributed by atoms with Crippen LogP contribution in [-0.4, -0.2) is 60.5 Å². The first-order chi connectivity index (χ1) is 7.04. The van der Waals surface area contributed by atoms with Crippen molar-refractivity contribution in [3.63, 3.8) is 0 Å². The summed E-state index contributed by atoms with van der Waals surface area (Å²) in [6.07, 6.45) is -0.476. The number of hydrogen-bond donors (Lipinski definition) is 2. The van der Waals surface area contributed by atoms with Gasteiger partial charge >= 0.3 is 5.97 Å². The number of rotatable bonds is 6. The average molecular weight is 217 g/mol. The number of carboxylic acids is 1. The smallest absolute Gasteiger partial charge is 0.306 e. The molecule has 1 saturated heterocycles. The maximum absolute atomic E-state index is 10.7. The average Bonchev–Trinajstić information content (AvgIpc) is 2.09. The van der Waals surface area contributed by atoms with Gasteiger partial charge in [0.15, 0.2) is 0 Å². The van der Waals surface area contributed by atoms with Gasteiger partial charge in [-0.2, -0.15) is 0 Å². The Morgan fingerprint density at radius 3 is 2.67 bits per heavy atom. The molecule has 15 heavy (non-hydrogen) atoms. The summed E-state index contributed by atoms with van der Waals surface area (Å²) >= 11 is 0. The summed E-state index contributed by atoms with van der Waals surface area (Å²) in [5.74, 6) is -0.810. The van der Waals surface area contributed by atoms with E-state index in [0.29, 0.717) is 13.2 Å². The largest absolute Gasteiger partial charge is 0.481 e. The molecule has 1 aliphatic rings. The minimum Gasteiger partial charge on any atom is -0.481 e. The third-order valence-corrected chi connectivity index (χ3v) is 2.91. The second kappa shape index (κ2) is 5.44. The Labute approximate surface area is 89.6 Å². The molecule has 0 saturated carbocycles. The first-order valence-corrected chi connectivity index (χ1v) is 5.16. The predicted molar refractivity (Wildman–Crippen MR) is 54.6 cm³/mol. The number of aliphatic carboxylic acids is 1. The SMILES string of the molecule is COCC(O)CN1CC(C(C)C(=O)O)C1. The number of nitrogens with zero attached hydrogens (tertiary/aromatic N) is 1. The van der Waals surface area contributed by atoms with Crippen molar-refractivity contribution < 1.29 is 19.7 Å². The Bertz CT molecular complexity index is 215. The zero-order valence-corrected chi connectivity index (χ0v) is 9.22. The summed E-state index contributed by atoms with van der Waals surface area (Å²) in [7, 11) is 1.55. The van der Waals surface area contributed by atoms with Crippen LogP contribution in [0.5, 0.6) is 0 Å². The van der Waals surface area contributed by atoms with E-state index in [4.69, 9.17) is 9.84 Å². The molecule has 2 unspecified atom stereocenters. The van der Waals surface area contributed by atoms with Gasteiger partial charge in [0.2, 0.25) is 0 Å². The minimum absolute atomic E-state index is 0.220. The monoisotopic (exact) mass is 217 g/mol. The zero-order chi connectivity index (χ0) is 11.4. The van der Waals surface area contributed by atoms with Crippen molar-refractivity contribution in [2.75, 3.05) is 33.4 Å². The third kappa shape index (κ3) is 3.44. The summed E-state index contributed by atoms with van der Waals surface area (Å²) in [5, 5.41) is 18.2. The third-order valence-electron chi connectivity index (χ3n) is 2.91. The number of methoxy groups -OCH3 is 1. The first-order valence-electron chi connectivity index (χ1n) is 5.16. The molecule has 0 amide bonds. The molecule has 5 heteroatoms. The molecule has 0 bridgehead atoms. The molecule has 1 aliphatic heterocycles. The van der Waals surface area contributed by atoms with E-state index in [9.17, 15) is 9.90 Å². The highest BCUT2D eigenvalue weighted by molar-refractivity contribution is 5.70. The lowest BCUT2D eigenvalue weighted by molar-refractivity contribution is -0.145. The van der Waals surface area contributed by atoms with E-state index in [1.54, 1.807) is 14.0 Å². The van der Waals surface area contributed by atoms with Gasteiger partial charge in [-0.05, 0) is 5.92 Å². The van der Waals surface area contributed by atoms with Crippen LogP contribution in [0.2, 0.25) is 0 Å². The number of ether oxygens (including phenoxy) is 1. The van der Waals surface area contributed by atoms with Crippen LogP contribution in [-0.2, 0) is 9.53 Å². The van der Waals surface area contributed by atoms with Gasteiger partial charge < -0.3 is 14.9 Å². The van der Waals surface area contributed by atoms with Gasteiger partial charge in [-0.1, -0.05) is 6.92 Å². The van der Waals surface area contributed by atoms with Crippen LogP contribution in [0.4, 0.5) is 0 Å². The molecule has 0 aromatic heterocycles. The standard InChI is InChI=1S/C10H19NO4/c1-7(10(13)14)8-3-11(4-8)5-9(12)6-15-2/h7-9,12H,3-6H2,1-2H3,(H,13,14). The molecule has 2 atom stereocenters. The van der Waals surface area contributed by atoms with Crippen molar-refractivity contribution in [2.45, 2.75) is 13.0 Å². The number of β-amino-alcohol motifs (C(OH)–C–C–N with tert-alkyl or cyclic N) is 1. The van der Waals surface area contributed by atoms with Crippen molar-refractivity contribution >= 4 is 5.97 Å². The minimum atomic E-state index is -0.739. The van der Waals surface area contributed by atoms with Crippen molar-refractivity contribution in [3.8, 4) is 0 Å². The van der Waals surface area contributed by atoms with Gasteiger partial charge in [-0.15, -0.1) is 0 Å². The highest BCUT2D eigenvalue weighted by Crippen LogP contribution is 2.23.